The Morgan fingerprint density at radius 2 is 1.83 bits per heavy atom. The fourth-order valence-corrected chi connectivity index (χ4v) is 3.63. The van der Waals surface area contributed by atoms with Gasteiger partial charge in [-0.05, 0) is 41.8 Å². The van der Waals surface area contributed by atoms with Crippen molar-refractivity contribution in [3.63, 3.8) is 0 Å². The second-order valence-corrected chi connectivity index (χ2v) is 8.71. The molecular formula is C20H23N3O5S. The Hall–Kier alpha value is -3.07. The number of ether oxygens (including phenoxy) is 1. The molecule has 2 aromatic rings. The number of hydrogen-bond donors (Lipinski definition) is 1. The van der Waals surface area contributed by atoms with Crippen LogP contribution in [-0.4, -0.2) is 45.6 Å². The molecule has 0 aromatic heterocycles. The smallest absolute Gasteiger partial charge is 0.306 e. The molecule has 0 fully saturated rings. The standard InChI is InChI=1S/C20H23N3O5S/c1-20(12-18(24)23(2)19(21)22-20)15-7-5-6-13(8-15)14-9-16(27-3)11-17(10-14)28-29(4,25)26/h5-11H,12H2,1-4H3,(H2,21,22). The van der Waals surface area contributed by atoms with Crippen molar-refractivity contribution in [2.24, 2.45) is 10.7 Å². The average Bonchev–Trinajstić information content (AvgIpc) is 2.64. The van der Waals surface area contributed by atoms with Crippen molar-refractivity contribution in [3.05, 3.63) is 48.0 Å². The Labute approximate surface area is 170 Å². The van der Waals surface area contributed by atoms with E-state index in [-0.39, 0.29) is 24.0 Å². The van der Waals surface area contributed by atoms with Gasteiger partial charge in [0, 0.05) is 13.1 Å². The lowest BCUT2D eigenvalue weighted by Crippen LogP contribution is -2.47. The molecule has 154 valence electrons. The second kappa shape index (κ2) is 7.40. The summed E-state index contributed by atoms with van der Waals surface area (Å²) in [4.78, 5) is 18.1. The van der Waals surface area contributed by atoms with Crippen LogP contribution in [0.1, 0.15) is 18.9 Å². The Balaban J connectivity index is 2.06. The zero-order valence-corrected chi connectivity index (χ0v) is 17.5. The van der Waals surface area contributed by atoms with Gasteiger partial charge in [-0.15, -0.1) is 0 Å². The molecule has 1 heterocycles. The number of methoxy groups -OCH3 is 1. The highest BCUT2D eigenvalue weighted by Gasteiger charge is 2.36. The van der Waals surface area contributed by atoms with Crippen LogP contribution in [0.4, 0.5) is 0 Å². The van der Waals surface area contributed by atoms with Crippen molar-refractivity contribution in [1.29, 1.82) is 0 Å². The number of aliphatic imine (C=N–C) groups is 1. The molecular weight excluding hydrogens is 394 g/mol. The van der Waals surface area contributed by atoms with Gasteiger partial charge in [0.15, 0.2) is 5.96 Å². The third-order valence-electron chi connectivity index (χ3n) is 4.76. The second-order valence-electron chi connectivity index (χ2n) is 7.14. The van der Waals surface area contributed by atoms with Crippen molar-refractivity contribution in [1.82, 2.24) is 4.90 Å². The summed E-state index contributed by atoms with van der Waals surface area (Å²) in [5.74, 6) is 0.652. The third-order valence-corrected chi connectivity index (χ3v) is 5.25. The molecule has 0 bridgehead atoms. The van der Waals surface area contributed by atoms with E-state index in [0.29, 0.717) is 11.3 Å². The third kappa shape index (κ3) is 4.51. The summed E-state index contributed by atoms with van der Waals surface area (Å²) in [5.41, 5.74) is 7.42. The lowest BCUT2D eigenvalue weighted by Gasteiger charge is -2.33. The van der Waals surface area contributed by atoms with Gasteiger partial charge in [-0.2, -0.15) is 8.42 Å². The zero-order chi connectivity index (χ0) is 21.4. The van der Waals surface area contributed by atoms with E-state index < -0.39 is 15.7 Å². The number of carbonyl (C=O) groups is 1. The fourth-order valence-electron chi connectivity index (χ4n) is 3.19. The van der Waals surface area contributed by atoms with Crippen molar-refractivity contribution in [3.8, 4) is 22.6 Å². The van der Waals surface area contributed by atoms with Crippen LogP contribution in [0, 0.1) is 0 Å². The molecule has 0 saturated carbocycles. The predicted octanol–water partition coefficient (Wildman–Crippen LogP) is 2.09. The average molecular weight is 417 g/mol. The van der Waals surface area contributed by atoms with Crippen LogP contribution >= 0.6 is 0 Å². The van der Waals surface area contributed by atoms with Crippen molar-refractivity contribution in [2.45, 2.75) is 18.9 Å². The van der Waals surface area contributed by atoms with E-state index >= 15 is 0 Å². The molecule has 2 N–H and O–H groups in total. The van der Waals surface area contributed by atoms with E-state index in [2.05, 4.69) is 4.99 Å². The molecule has 3 rings (SSSR count). The maximum absolute atomic E-state index is 12.3. The first kappa shape index (κ1) is 20.7. The van der Waals surface area contributed by atoms with Gasteiger partial charge in [-0.3, -0.25) is 9.69 Å². The molecule has 1 aliphatic heterocycles. The van der Waals surface area contributed by atoms with Crippen LogP contribution in [0.2, 0.25) is 0 Å². The van der Waals surface area contributed by atoms with E-state index in [1.165, 1.54) is 18.1 Å². The summed E-state index contributed by atoms with van der Waals surface area (Å²) in [7, 11) is -0.601. The normalized spacial score (nSPS) is 19.7. The summed E-state index contributed by atoms with van der Waals surface area (Å²) < 4.78 is 33.3. The highest BCUT2D eigenvalue weighted by atomic mass is 32.2. The van der Waals surface area contributed by atoms with Gasteiger partial charge in [0.2, 0.25) is 5.91 Å². The summed E-state index contributed by atoms with van der Waals surface area (Å²) in [6.45, 7) is 1.85. The van der Waals surface area contributed by atoms with Crippen LogP contribution < -0.4 is 14.7 Å². The summed E-state index contributed by atoms with van der Waals surface area (Å²) >= 11 is 0. The minimum atomic E-state index is -3.68. The lowest BCUT2D eigenvalue weighted by atomic mass is 9.86. The molecule has 1 unspecified atom stereocenters. The van der Waals surface area contributed by atoms with E-state index in [4.69, 9.17) is 14.7 Å². The molecule has 29 heavy (non-hydrogen) atoms. The van der Waals surface area contributed by atoms with Gasteiger partial charge in [-0.25, -0.2) is 4.99 Å². The van der Waals surface area contributed by atoms with E-state index in [1.54, 1.807) is 19.2 Å². The Morgan fingerprint density at radius 1 is 1.14 bits per heavy atom. The monoisotopic (exact) mass is 417 g/mol. The van der Waals surface area contributed by atoms with Gasteiger partial charge in [0.25, 0.3) is 0 Å². The van der Waals surface area contributed by atoms with Gasteiger partial charge in [-0.1, -0.05) is 18.2 Å². The molecule has 0 radical (unpaired) electrons. The number of benzene rings is 2. The van der Waals surface area contributed by atoms with Crippen LogP contribution in [-0.2, 0) is 20.5 Å². The Bertz CT molecular complexity index is 1100. The number of nitrogens with zero attached hydrogens (tertiary/aromatic N) is 2. The van der Waals surface area contributed by atoms with Gasteiger partial charge in [0.1, 0.15) is 11.5 Å². The molecule has 1 atom stereocenters. The highest BCUT2D eigenvalue weighted by molar-refractivity contribution is 7.86. The predicted molar refractivity (Wildman–Crippen MR) is 110 cm³/mol. The topological polar surface area (TPSA) is 111 Å². The van der Waals surface area contributed by atoms with E-state index in [0.717, 1.165) is 17.4 Å². The molecule has 8 nitrogen and oxygen atoms in total. The first-order valence-electron chi connectivity index (χ1n) is 8.82. The Kier molecular flexibility index (Phi) is 5.27. The molecule has 0 aliphatic carbocycles. The number of guanidine groups is 1. The van der Waals surface area contributed by atoms with Gasteiger partial charge >= 0.3 is 10.1 Å². The quantitative estimate of drug-likeness (QED) is 0.746. The number of hydrogen-bond acceptors (Lipinski definition) is 7. The van der Waals surface area contributed by atoms with Crippen molar-refractivity contribution in [2.75, 3.05) is 20.4 Å². The van der Waals surface area contributed by atoms with Crippen LogP contribution in [0.15, 0.2) is 47.5 Å². The fraction of sp³-hybridized carbons (Fsp3) is 0.300. The number of rotatable bonds is 5. The minimum Gasteiger partial charge on any atom is -0.497 e. The molecule has 0 saturated heterocycles. The highest BCUT2D eigenvalue weighted by Crippen LogP contribution is 2.36. The summed E-state index contributed by atoms with van der Waals surface area (Å²) in [6, 6.07) is 12.4. The number of nitrogens with two attached hydrogens (primary N) is 1. The minimum absolute atomic E-state index is 0.115. The van der Waals surface area contributed by atoms with E-state index in [1.807, 2.05) is 31.2 Å². The molecule has 1 aliphatic rings. The zero-order valence-electron chi connectivity index (χ0n) is 16.7. The van der Waals surface area contributed by atoms with Crippen LogP contribution in [0.25, 0.3) is 11.1 Å². The van der Waals surface area contributed by atoms with E-state index in [9.17, 15) is 13.2 Å². The van der Waals surface area contributed by atoms with Crippen LogP contribution in [0.5, 0.6) is 11.5 Å². The largest absolute Gasteiger partial charge is 0.497 e. The summed E-state index contributed by atoms with van der Waals surface area (Å²) in [5, 5.41) is 0. The molecule has 0 spiro atoms. The lowest BCUT2D eigenvalue weighted by molar-refractivity contribution is -0.128. The number of amides is 1. The molecule has 9 heteroatoms. The maximum Gasteiger partial charge on any atom is 0.306 e. The maximum atomic E-state index is 12.3. The van der Waals surface area contributed by atoms with Crippen molar-refractivity contribution >= 4 is 22.0 Å². The number of carbonyl (C=O) groups excluding carboxylic acids is 1. The Morgan fingerprint density at radius 3 is 2.45 bits per heavy atom. The van der Waals surface area contributed by atoms with Crippen LogP contribution in [0.3, 0.4) is 0 Å². The molecule has 2 aromatic carbocycles. The van der Waals surface area contributed by atoms with Gasteiger partial charge in [0.05, 0.1) is 25.3 Å². The molecule has 1 amide bonds. The first-order chi connectivity index (χ1) is 13.5. The first-order valence-corrected chi connectivity index (χ1v) is 10.6. The SMILES string of the molecule is COc1cc(OS(C)(=O)=O)cc(-c2cccc(C3(C)CC(=O)N(C)C(N)=N3)c2)c1. The van der Waals surface area contributed by atoms with Crippen molar-refractivity contribution < 1.29 is 22.1 Å². The summed E-state index contributed by atoms with van der Waals surface area (Å²) in [6.07, 6.45) is 1.17. The van der Waals surface area contributed by atoms with Gasteiger partial charge < -0.3 is 14.7 Å².